The molecule has 1 aromatic rings. The fraction of sp³-hybridized carbons (Fsp3) is 0.308. The lowest BCUT2D eigenvalue weighted by Gasteiger charge is -2.09. The normalized spacial score (nSPS) is 20.7. The number of aromatic carboxylic acids is 1. The van der Waals surface area contributed by atoms with Crippen LogP contribution in [0.3, 0.4) is 0 Å². The first-order valence-electron chi connectivity index (χ1n) is 5.77. The lowest BCUT2D eigenvalue weighted by Crippen LogP contribution is -2.17. The molecule has 3 N–H and O–H groups in total. The molecule has 1 aliphatic carbocycles. The van der Waals surface area contributed by atoms with Crippen LogP contribution in [-0.2, 0) is 9.59 Å². The maximum atomic E-state index is 11.8. The Morgan fingerprint density at radius 2 is 1.89 bits per heavy atom. The van der Waals surface area contributed by atoms with E-state index in [0.717, 1.165) is 5.56 Å². The van der Waals surface area contributed by atoms with Gasteiger partial charge in [-0.2, -0.15) is 0 Å². The Balaban J connectivity index is 2.11. The standard InChI is InChI=1S/C13H13NO5/c1-6-2-3-7(12(16)17)4-10(6)14-11(15)8-5-9(8)13(18)19/h2-4,8-9H,5H2,1H3,(H,14,15)(H,16,17)(H,18,19)/t8-,9+/m1/s1. The number of carboxylic acids is 2. The predicted molar refractivity (Wildman–Crippen MR) is 66.0 cm³/mol. The smallest absolute Gasteiger partial charge is 0.335 e. The lowest BCUT2D eigenvalue weighted by molar-refractivity contribution is -0.139. The molecule has 6 nitrogen and oxygen atoms in total. The fourth-order valence-electron chi connectivity index (χ4n) is 1.87. The van der Waals surface area contributed by atoms with Crippen LogP contribution in [0.1, 0.15) is 22.3 Å². The Morgan fingerprint density at radius 3 is 2.42 bits per heavy atom. The summed E-state index contributed by atoms with van der Waals surface area (Å²) in [5.41, 5.74) is 1.21. The molecule has 2 rings (SSSR count). The molecule has 0 bridgehead atoms. The number of aliphatic carboxylic acids is 1. The fourth-order valence-corrected chi connectivity index (χ4v) is 1.87. The molecule has 0 unspecified atom stereocenters. The number of carbonyl (C=O) groups is 3. The van der Waals surface area contributed by atoms with Gasteiger partial charge >= 0.3 is 11.9 Å². The summed E-state index contributed by atoms with van der Waals surface area (Å²) in [6.07, 6.45) is 0.332. The number of carbonyl (C=O) groups excluding carboxylic acids is 1. The van der Waals surface area contributed by atoms with E-state index in [2.05, 4.69) is 5.32 Å². The third kappa shape index (κ3) is 2.73. The van der Waals surface area contributed by atoms with Gasteiger partial charge in [0, 0.05) is 5.69 Å². The minimum atomic E-state index is -1.08. The van der Waals surface area contributed by atoms with E-state index in [9.17, 15) is 14.4 Å². The average molecular weight is 263 g/mol. The number of carboxylic acid groups (broad SMARTS) is 2. The molecule has 1 aliphatic rings. The summed E-state index contributed by atoms with van der Waals surface area (Å²) in [6, 6.07) is 4.42. The number of amides is 1. The maximum absolute atomic E-state index is 11.8. The molecule has 0 spiro atoms. The van der Waals surface area contributed by atoms with Crippen molar-refractivity contribution < 1.29 is 24.6 Å². The molecule has 0 saturated heterocycles. The maximum Gasteiger partial charge on any atom is 0.335 e. The van der Waals surface area contributed by atoms with Crippen molar-refractivity contribution in [2.75, 3.05) is 5.32 Å². The summed E-state index contributed by atoms with van der Waals surface area (Å²) >= 11 is 0. The van der Waals surface area contributed by atoms with Crippen LogP contribution in [0, 0.1) is 18.8 Å². The Hall–Kier alpha value is -2.37. The second-order valence-corrected chi connectivity index (χ2v) is 4.61. The van der Waals surface area contributed by atoms with Crippen molar-refractivity contribution in [3.8, 4) is 0 Å². The summed E-state index contributed by atoms with van der Waals surface area (Å²) in [7, 11) is 0. The Kier molecular flexibility index (Phi) is 3.25. The van der Waals surface area contributed by atoms with Crippen molar-refractivity contribution in [3.63, 3.8) is 0 Å². The summed E-state index contributed by atoms with van der Waals surface area (Å²) in [5, 5.41) is 20.2. The number of aryl methyl sites for hydroxylation is 1. The zero-order chi connectivity index (χ0) is 14.2. The van der Waals surface area contributed by atoms with E-state index in [-0.39, 0.29) is 11.5 Å². The summed E-state index contributed by atoms with van der Waals surface area (Å²) in [5.74, 6) is -3.58. The third-order valence-electron chi connectivity index (χ3n) is 3.19. The molecule has 1 aromatic carbocycles. The van der Waals surface area contributed by atoms with Crippen LogP contribution in [0.15, 0.2) is 18.2 Å². The average Bonchev–Trinajstić information content (AvgIpc) is 3.11. The molecule has 0 aliphatic heterocycles. The van der Waals surface area contributed by atoms with E-state index in [1.54, 1.807) is 13.0 Å². The van der Waals surface area contributed by atoms with E-state index < -0.39 is 23.8 Å². The molecule has 1 fully saturated rings. The minimum Gasteiger partial charge on any atom is -0.481 e. The number of anilines is 1. The number of hydrogen-bond acceptors (Lipinski definition) is 3. The predicted octanol–water partition coefficient (Wildman–Crippen LogP) is 1.35. The summed E-state index contributed by atoms with van der Waals surface area (Å²) in [4.78, 5) is 33.3. The first-order chi connectivity index (χ1) is 8.90. The molecule has 1 saturated carbocycles. The quantitative estimate of drug-likeness (QED) is 0.760. The Labute approximate surface area is 109 Å². The molecule has 19 heavy (non-hydrogen) atoms. The summed E-state index contributed by atoms with van der Waals surface area (Å²) < 4.78 is 0. The largest absolute Gasteiger partial charge is 0.481 e. The van der Waals surface area contributed by atoms with Crippen LogP contribution in [0.2, 0.25) is 0 Å². The van der Waals surface area contributed by atoms with E-state index in [0.29, 0.717) is 12.1 Å². The van der Waals surface area contributed by atoms with Gasteiger partial charge < -0.3 is 15.5 Å². The molecule has 6 heteroatoms. The molecular formula is C13H13NO5. The van der Waals surface area contributed by atoms with Gasteiger partial charge in [0.05, 0.1) is 17.4 Å². The highest BCUT2D eigenvalue weighted by atomic mass is 16.4. The van der Waals surface area contributed by atoms with Crippen molar-refractivity contribution in [1.82, 2.24) is 0 Å². The molecular weight excluding hydrogens is 250 g/mol. The molecule has 0 heterocycles. The first kappa shape index (κ1) is 13.1. The number of rotatable bonds is 4. The SMILES string of the molecule is Cc1ccc(C(=O)O)cc1NC(=O)[C@@H]1C[C@@H]1C(=O)O. The van der Waals surface area contributed by atoms with Gasteiger partial charge in [0.1, 0.15) is 0 Å². The van der Waals surface area contributed by atoms with E-state index in [4.69, 9.17) is 10.2 Å². The van der Waals surface area contributed by atoms with Crippen molar-refractivity contribution >= 4 is 23.5 Å². The van der Waals surface area contributed by atoms with Gasteiger partial charge in [0.15, 0.2) is 0 Å². The van der Waals surface area contributed by atoms with Crippen molar-refractivity contribution in [2.24, 2.45) is 11.8 Å². The molecule has 1 amide bonds. The van der Waals surface area contributed by atoms with Gasteiger partial charge in [-0.25, -0.2) is 4.79 Å². The van der Waals surface area contributed by atoms with Gasteiger partial charge in [0.2, 0.25) is 5.91 Å². The van der Waals surface area contributed by atoms with Gasteiger partial charge in [-0.05, 0) is 31.0 Å². The van der Waals surface area contributed by atoms with E-state index >= 15 is 0 Å². The molecule has 100 valence electrons. The third-order valence-corrected chi connectivity index (χ3v) is 3.19. The van der Waals surface area contributed by atoms with E-state index in [1.807, 2.05) is 0 Å². The van der Waals surface area contributed by atoms with Crippen LogP contribution in [0.25, 0.3) is 0 Å². The Morgan fingerprint density at radius 1 is 1.21 bits per heavy atom. The molecule has 0 aromatic heterocycles. The summed E-state index contributed by atoms with van der Waals surface area (Å²) in [6.45, 7) is 1.74. The highest BCUT2D eigenvalue weighted by Gasteiger charge is 2.48. The van der Waals surface area contributed by atoms with Gasteiger partial charge in [-0.3, -0.25) is 9.59 Å². The molecule has 2 atom stereocenters. The van der Waals surface area contributed by atoms with Gasteiger partial charge in [-0.15, -0.1) is 0 Å². The molecule has 0 radical (unpaired) electrons. The highest BCUT2D eigenvalue weighted by molar-refractivity contribution is 5.99. The zero-order valence-corrected chi connectivity index (χ0v) is 10.2. The highest BCUT2D eigenvalue weighted by Crippen LogP contribution is 2.39. The van der Waals surface area contributed by atoms with Gasteiger partial charge in [-0.1, -0.05) is 6.07 Å². The second kappa shape index (κ2) is 4.72. The Bertz CT molecular complexity index is 566. The van der Waals surface area contributed by atoms with E-state index in [1.165, 1.54) is 12.1 Å². The van der Waals surface area contributed by atoms with Crippen molar-refractivity contribution in [2.45, 2.75) is 13.3 Å². The van der Waals surface area contributed by atoms with Crippen LogP contribution >= 0.6 is 0 Å². The van der Waals surface area contributed by atoms with Crippen LogP contribution in [-0.4, -0.2) is 28.1 Å². The van der Waals surface area contributed by atoms with Crippen molar-refractivity contribution in [3.05, 3.63) is 29.3 Å². The van der Waals surface area contributed by atoms with Crippen LogP contribution < -0.4 is 5.32 Å². The lowest BCUT2D eigenvalue weighted by atomic mass is 10.1. The van der Waals surface area contributed by atoms with Gasteiger partial charge in [0.25, 0.3) is 0 Å². The first-order valence-corrected chi connectivity index (χ1v) is 5.77. The second-order valence-electron chi connectivity index (χ2n) is 4.61. The topological polar surface area (TPSA) is 104 Å². The van der Waals surface area contributed by atoms with Crippen LogP contribution in [0.4, 0.5) is 5.69 Å². The minimum absolute atomic E-state index is 0.0754. The monoisotopic (exact) mass is 263 g/mol. The number of benzene rings is 1. The zero-order valence-electron chi connectivity index (χ0n) is 10.2. The van der Waals surface area contributed by atoms with Crippen LogP contribution in [0.5, 0.6) is 0 Å². The number of hydrogen-bond donors (Lipinski definition) is 3. The van der Waals surface area contributed by atoms with Crippen molar-refractivity contribution in [1.29, 1.82) is 0 Å². The number of nitrogens with one attached hydrogen (secondary N) is 1.